The second-order valence-electron chi connectivity index (χ2n) is 7.16. The smallest absolute Gasteiger partial charge is 0.252 e. The van der Waals surface area contributed by atoms with Gasteiger partial charge in [0.15, 0.2) is 17.3 Å². The zero-order valence-corrected chi connectivity index (χ0v) is 17.9. The molecule has 3 aromatic heterocycles. The van der Waals surface area contributed by atoms with Crippen LogP contribution in [0.25, 0.3) is 11.0 Å². The van der Waals surface area contributed by atoms with Gasteiger partial charge in [0.1, 0.15) is 5.82 Å². The summed E-state index contributed by atoms with van der Waals surface area (Å²) in [6.45, 7) is 3.90. The SMILES string of the molecule is CC[C@H](N)[C@@H](CC)Nc1nc(Nc2cnc3c(c2)c(OC)nn3C)c(C(N)=O)cc1F. The summed E-state index contributed by atoms with van der Waals surface area (Å²) >= 11 is 0. The van der Waals surface area contributed by atoms with Gasteiger partial charge in [-0.05, 0) is 25.0 Å². The number of fused-ring (bicyclic) bond motifs is 1. The quantitative estimate of drug-likeness (QED) is 0.404. The number of nitrogens with one attached hydrogen (secondary N) is 2. The predicted molar refractivity (Wildman–Crippen MR) is 117 cm³/mol. The molecule has 1 amide bonds. The van der Waals surface area contributed by atoms with E-state index >= 15 is 0 Å². The maximum Gasteiger partial charge on any atom is 0.252 e. The number of rotatable bonds is 9. The van der Waals surface area contributed by atoms with Gasteiger partial charge in [-0.1, -0.05) is 13.8 Å². The highest BCUT2D eigenvalue weighted by Crippen LogP contribution is 2.29. The van der Waals surface area contributed by atoms with Crippen LogP contribution in [0.5, 0.6) is 5.88 Å². The lowest BCUT2D eigenvalue weighted by Crippen LogP contribution is -2.39. The molecule has 0 radical (unpaired) electrons. The minimum absolute atomic E-state index is 0.0174. The number of amides is 1. The van der Waals surface area contributed by atoms with E-state index < -0.39 is 11.7 Å². The van der Waals surface area contributed by atoms with Gasteiger partial charge in [-0.2, -0.15) is 0 Å². The Morgan fingerprint density at radius 3 is 2.65 bits per heavy atom. The van der Waals surface area contributed by atoms with Crippen molar-refractivity contribution in [3.63, 3.8) is 0 Å². The number of primary amides is 1. The number of carbonyl (C=O) groups excluding carboxylic acids is 1. The van der Waals surface area contributed by atoms with Crippen LogP contribution in [0, 0.1) is 5.82 Å². The summed E-state index contributed by atoms with van der Waals surface area (Å²) in [7, 11) is 3.26. The highest BCUT2D eigenvalue weighted by Gasteiger charge is 2.21. The summed E-state index contributed by atoms with van der Waals surface area (Å²) in [5, 5.41) is 10.9. The third kappa shape index (κ3) is 4.50. The number of nitrogens with two attached hydrogens (primary N) is 2. The lowest BCUT2D eigenvalue weighted by molar-refractivity contribution is 0.100. The summed E-state index contributed by atoms with van der Waals surface area (Å²) in [6, 6.07) is 2.44. The molecule has 0 aromatic carbocycles. The molecule has 0 unspecified atom stereocenters. The van der Waals surface area contributed by atoms with E-state index in [9.17, 15) is 9.18 Å². The fourth-order valence-corrected chi connectivity index (χ4v) is 3.31. The van der Waals surface area contributed by atoms with Crippen LogP contribution in [-0.4, -0.2) is 44.8 Å². The number of hydrogen-bond acceptors (Lipinski definition) is 8. The third-order valence-corrected chi connectivity index (χ3v) is 5.09. The normalized spacial score (nSPS) is 13.1. The molecule has 166 valence electrons. The van der Waals surface area contributed by atoms with E-state index in [1.165, 1.54) is 7.11 Å². The molecule has 6 N–H and O–H groups in total. The fraction of sp³-hybridized carbons (Fsp3) is 0.400. The largest absolute Gasteiger partial charge is 0.479 e. The first-order chi connectivity index (χ1) is 14.8. The first kappa shape index (κ1) is 22.2. The van der Waals surface area contributed by atoms with Crippen molar-refractivity contribution in [3.05, 3.63) is 29.7 Å². The van der Waals surface area contributed by atoms with Crippen molar-refractivity contribution in [1.82, 2.24) is 19.7 Å². The zero-order valence-electron chi connectivity index (χ0n) is 17.9. The molecule has 0 aliphatic heterocycles. The van der Waals surface area contributed by atoms with E-state index in [-0.39, 0.29) is 29.3 Å². The Kier molecular flexibility index (Phi) is 6.54. The molecule has 31 heavy (non-hydrogen) atoms. The summed E-state index contributed by atoms with van der Waals surface area (Å²) < 4.78 is 21.5. The molecule has 0 bridgehead atoms. The van der Waals surface area contributed by atoms with Gasteiger partial charge >= 0.3 is 0 Å². The lowest BCUT2D eigenvalue weighted by Gasteiger charge is -2.24. The van der Waals surface area contributed by atoms with E-state index in [2.05, 4.69) is 25.7 Å². The Morgan fingerprint density at radius 2 is 2.03 bits per heavy atom. The van der Waals surface area contributed by atoms with Crippen molar-refractivity contribution < 1.29 is 13.9 Å². The average molecular weight is 430 g/mol. The number of pyridine rings is 2. The molecule has 0 saturated carbocycles. The summed E-state index contributed by atoms with van der Waals surface area (Å²) in [5.74, 6) is -1.02. The van der Waals surface area contributed by atoms with Gasteiger partial charge in [-0.3, -0.25) is 4.79 Å². The van der Waals surface area contributed by atoms with Gasteiger partial charge in [0, 0.05) is 19.1 Å². The Balaban J connectivity index is 2.01. The van der Waals surface area contributed by atoms with Crippen molar-refractivity contribution in [3.8, 4) is 5.88 Å². The number of halogens is 1. The maximum absolute atomic E-state index is 14.7. The number of nitrogens with zero attached hydrogens (tertiary/aromatic N) is 4. The van der Waals surface area contributed by atoms with Crippen molar-refractivity contribution in [2.24, 2.45) is 18.5 Å². The number of ether oxygens (including phenoxy) is 1. The highest BCUT2D eigenvalue weighted by molar-refractivity contribution is 5.99. The topological polar surface area (TPSA) is 146 Å². The maximum atomic E-state index is 14.7. The molecule has 11 heteroatoms. The van der Waals surface area contributed by atoms with Crippen molar-refractivity contribution in [2.75, 3.05) is 17.7 Å². The minimum Gasteiger partial charge on any atom is -0.479 e. The lowest BCUT2D eigenvalue weighted by atomic mass is 10.0. The molecule has 3 aromatic rings. The molecule has 2 atom stereocenters. The van der Waals surface area contributed by atoms with Crippen LogP contribution in [0.4, 0.5) is 21.7 Å². The second-order valence-corrected chi connectivity index (χ2v) is 7.16. The van der Waals surface area contributed by atoms with Crippen molar-refractivity contribution in [1.29, 1.82) is 0 Å². The van der Waals surface area contributed by atoms with Gasteiger partial charge in [0.25, 0.3) is 5.91 Å². The first-order valence-electron chi connectivity index (χ1n) is 9.95. The van der Waals surface area contributed by atoms with Crippen LogP contribution < -0.4 is 26.8 Å². The number of aromatic nitrogens is 4. The average Bonchev–Trinajstić information content (AvgIpc) is 3.08. The van der Waals surface area contributed by atoms with Crippen LogP contribution in [-0.2, 0) is 7.05 Å². The van der Waals surface area contributed by atoms with Crippen LogP contribution in [0.15, 0.2) is 18.3 Å². The van der Waals surface area contributed by atoms with E-state index in [1.807, 2.05) is 13.8 Å². The minimum atomic E-state index is -0.814. The Bertz CT molecular complexity index is 1100. The molecule has 0 fully saturated rings. The number of aryl methyl sites for hydroxylation is 1. The van der Waals surface area contributed by atoms with Gasteiger partial charge in [0.2, 0.25) is 5.88 Å². The van der Waals surface area contributed by atoms with Crippen molar-refractivity contribution >= 4 is 34.3 Å². The molecule has 3 heterocycles. The van der Waals surface area contributed by atoms with Crippen molar-refractivity contribution in [2.45, 2.75) is 38.8 Å². The third-order valence-electron chi connectivity index (χ3n) is 5.09. The number of hydrogen-bond donors (Lipinski definition) is 4. The molecule has 0 saturated heterocycles. The van der Waals surface area contributed by atoms with E-state index in [0.29, 0.717) is 29.0 Å². The van der Waals surface area contributed by atoms with Gasteiger partial charge in [-0.25, -0.2) is 19.0 Å². The Morgan fingerprint density at radius 1 is 1.29 bits per heavy atom. The summed E-state index contributed by atoms with van der Waals surface area (Å²) in [5.41, 5.74) is 12.6. The van der Waals surface area contributed by atoms with Gasteiger partial charge in [-0.15, -0.1) is 5.10 Å². The number of methoxy groups -OCH3 is 1. The number of carbonyl (C=O) groups is 1. The molecule has 0 aliphatic carbocycles. The predicted octanol–water partition coefficient (Wildman–Crippen LogP) is 2.28. The molecule has 0 aliphatic rings. The van der Waals surface area contributed by atoms with E-state index in [4.69, 9.17) is 16.2 Å². The molecular weight excluding hydrogens is 403 g/mol. The highest BCUT2D eigenvalue weighted by atomic mass is 19.1. The van der Waals surface area contributed by atoms with Gasteiger partial charge < -0.3 is 26.8 Å². The second kappa shape index (κ2) is 9.13. The summed E-state index contributed by atoms with van der Waals surface area (Å²) in [4.78, 5) is 20.6. The number of anilines is 3. The molecule has 3 rings (SSSR count). The van der Waals surface area contributed by atoms with Crippen LogP contribution >= 0.6 is 0 Å². The van der Waals surface area contributed by atoms with Crippen LogP contribution in [0.1, 0.15) is 37.0 Å². The Labute approximate surface area is 179 Å². The van der Waals surface area contributed by atoms with E-state index in [0.717, 1.165) is 12.5 Å². The summed E-state index contributed by atoms with van der Waals surface area (Å²) in [6.07, 6.45) is 2.95. The van der Waals surface area contributed by atoms with Crippen LogP contribution in [0.3, 0.4) is 0 Å². The fourth-order valence-electron chi connectivity index (χ4n) is 3.31. The zero-order chi connectivity index (χ0) is 22.7. The molecule has 10 nitrogen and oxygen atoms in total. The van der Waals surface area contributed by atoms with E-state index in [1.54, 1.807) is 24.0 Å². The standard InChI is InChI=1S/C20H27FN8O2/c1-5-14(22)15(6-2)26-18-13(21)8-11(16(23)30)17(27-18)25-10-7-12-19(24-9-10)29(3)28-20(12)31-4/h7-9,14-15H,5-6,22H2,1-4H3,(H2,23,30)(H2,25,26,27)/t14-,15+/m0/s1. The van der Waals surface area contributed by atoms with Gasteiger partial charge in [0.05, 0.1) is 29.9 Å². The molecular formula is C20H27FN8O2. The molecule has 0 spiro atoms. The van der Waals surface area contributed by atoms with Crippen LogP contribution in [0.2, 0.25) is 0 Å². The first-order valence-corrected chi connectivity index (χ1v) is 9.95. The monoisotopic (exact) mass is 430 g/mol. The Hall–Kier alpha value is -3.47.